The highest BCUT2D eigenvalue weighted by Crippen LogP contribution is 2.05. The maximum atomic E-state index is 11.2. The molecule has 3 nitrogen and oxygen atoms in total. The van der Waals surface area contributed by atoms with E-state index in [-0.39, 0.29) is 6.09 Å². The van der Waals surface area contributed by atoms with E-state index in [2.05, 4.69) is 6.92 Å². The number of carbonyl (C=O) groups is 1. The average Bonchev–Trinajstić information content (AvgIpc) is 2.23. The molecule has 3 heteroatoms. The van der Waals surface area contributed by atoms with Crippen LogP contribution in [-0.2, 0) is 4.74 Å². The van der Waals surface area contributed by atoms with Crippen molar-refractivity contribution >= 4 is 6.09 Å². The van der Waals surface area contributed by atoms with Crippen molar-refractivity contribution in [3.05, 3.63) is 0 Å². The molecule has 0 aliphatic carbocycles. The zero-order chi connectivity index (χ0) is 11.5. The van der Waals surface area contributed by atoms with Crippen molar-refractivity contribution in [3.63, 3.8) is 0 Å². The minimum Gasteiger partial charge on any atom is -0.450 e. The molecular weight excluding hydrogens is 190 g/mol. The van der Waals surface area contributed by atoms with Crippen molar-refractivity contribution in [2.24, 2.45) is 0 Å². The van der Waals surface area contributed by atoms with Crippen LogP contribution < -0.4 is 0 Å². The summed E-state index contributed by atoms with van der Waals surface area (Å²) in [6.07, 6.45) is 7.30. The van der Waals surface area contributed by atoms with Gasteiger partial charge in [0.15, 0.2) is 0 Å². The van der Waals surface area contributed by atoms with Crippen LogP contribution in [0.4, 0.5) is 4.79 Å². The molecule has 0 fully saturated rings. The van der Waals surface area contributed by atoms with Gasteiger partial charge < -0.3 is 9.64 Å². The van der Waals surface area contributed by atoms with Gasteiger partial charge in [-0.25, -0.2) is 4.79 Å². The quantitative estimate of drug-likeness (QED) is 0.580. The monoisotopic (exact) mass is 215 g/mol. The maximum absolute atomic E-state index is 11.2. The van der Waals surface area contributed by atoms with Gasteiger partial charge in [-0.05, 0) is 13.3 Å². The molecule has 0 radical (unpaired) electrons. The third kappa shape index (κ3) is 8.28. The smallest absolute Gasteiger partial charge is 0.409 e. The fourth-order valence-electron chi connectivity index (χ4n) is 1.45. The van der Waals surface area contributed by atoms with Gasteiger partial charge in [0.05, 0.1) is 6.61 Å². The Bertz CT molecular complexity index is 160. The molecule has 0 saturated heterocycles. The van der Waals surface area contributed by atoms with Crippen LogP contribution >= 0.6 is 0 Å². The Hall–Kier alpha value is -0.730. The SMILES string of the molecule is CCCCCCCCN(C)C(=O)OCC. The number of nitrogens with zero attached hydrogens (tertiary/aromatic N) is 1. The zero-order valence-electron chi connectivity index (χ0n) is 10.4. The van der Waals surface area contributed by atoms with E-state index in [0.717, 1.165) is 13.0 Å². The Morgan fingerprint density at radius 2 is 1.67 bits per heavy atom. The molecule has 0 bridgehead atoms. The van der Waals surface area contributed by atoms with Crippen LogP contribution in [0.2, 0.25) is 0 Å². The summed E-state index contributed by atoms with van der Waals surface area (Å²) in [5.74, 6) is 0. The first-order valence-electron chi connectivity index (χ1n) is 6.10. The van der Waals surface area contributed by atoms with E-state index in [9.17, 15) is 4.79 Å². The van der Waals surface area contributed by atoms with Crippen molar-refractivity contribution < 1.29 is 9.53 Å². The van der Waals surface area contributed by atoms with Crippen LogP contribution in [0.25, 0.3) is 0 Å². The highest BCUT2D eigenvalue weighted by molar-refractivity contribution is 5.67. The Labute approximate surface area is 93.8 Å². The van der Waals surface area contributed by atoms with Crippen molar-refractivity contribution in [3.8, 4) is 0 Å². The van der Waals surface area contributed by atoms with Crippen LogP contribution in [0.3, 0.4) is 0 Å². The fourth-order valence-corrected chi connectivity index (χ4v) is 1.45. The molecule has 1 amide bonds. The summed E-state index contributed by atoms with van der Waals surface area (Å²) >= 11 is 0. The molecule has 0 spiro atoms. The first kappa shape index (κ1) is 14.3. The molecule has 0 unspecified atom stereocenters. The standard InChI is InChI=1S/C12H25NO2/c1-4-6-7-8-9-10-11-13(3)12(14)15-5-2/h4-11H2,1-3H3. The summed E-state index contributed by atoms with van der Waals surface area (Å²) < 4.78 is 4.89. The van der Waals surface area contributed by atoms with Gasteiger partial charge in [-0.1, -0.05) is 39.0 Å². The summed E-state index contributed by atoms with van der Waals surface area (Å²) in [4.78, 5) is 12.9. The van der Waals surface area contributed by atoms with E-state index < -0.39 is 0 Å². The molecule has 0 aliphatic heterocycles. The summed E-state index contributed by atoms with van der Waals surface area (Å²) in [7, 11) is 1.80. The van der Waals surface area contributed by atoms with Gasteiger partial charge >= 0.3 is 6.09 Å². The van der Waals surface area contributed by atoms with E-state index >= 15 is 0 Å². The maximum Gasteiger partial charge on any atom is 0.409 e. The van der Waals surface area contributed by atoms with E-state index in [4.69, 9.17) is 4.74 Å². The van der Waals surface area contributed by atoms with Crippen LogP contribution in [0.1, 0.15) is 52.4 Å². The van der Waals surface area contributed by atoms with Crippen molar-refractivity contribution in [2.45, 2.75) is 52.4 Å². The van der Waals surface area contributed by atoms with Crippen molar-refractivity contribution in [2.75, 3.05) is 20.2 Å². The summed E-state index contributed by atoms with van der Waals surface area (Å²) in [5, 5.41) is 0. The molecule has 0 atom stereocenters. The fraction of sp³-hybridized carbons (Fsp3) is 0.917. The van der Waals surface area contributed by atoms with E-state index in [1.54, 1.807) is 11.9 Å². The van der Waals surface area contributed by atoms with Gasteiger partial charge in [0.25, 0.3) is 0 Å². The number of unbranched alkanes of at least 4 members (excludes halogenated alkanes) is 5. The third-order valence-electron chi connectivity index (χ3n) is 2.43. The number of ether oxygens (including phenoxy) is 1. The molecule has 90 valence electrons. The summed E-state index contributed by atoms with van der Waals surface area (Å²) in [6.45, 7) is 5.32. The van der Waals surface area contributed by atoms with Gasteiger partial charge in [0.1, 0.15) is 0 Å². The summed E-state index contributed by atoms with van der Waals surface area (Å²) in [5.41, 5.74) is 0. The number of hydrogen-bond acceptors (Lipinski definition) is 2. The Kier molecular flexibility index (Phi) is 9.33. The van der Waals surface area contributed by atoms with Gasteiger partial charge in [-0.2, -0.15) is 0 Å². The molecule has 0 saturated carbocycles. The molecule has 15 heavy (non-hydrogen) atoms. The van der Waals surface area contributed by atoms with E-state index in [1.165, 1.54) is 32.1 Å². The second kappa shape index (κ2) is 9.81. The normalized spacial score (nSPS) is 10.1. The molecule has 0 aliphatic rings. The lowest BCUT2D eigenvalue weighted by atomic mass is 10.1. The second-order valence-corrected chi connectivity index (χ2v) is 3.89. The Morgan fingerprint density at radius 3 is 2.27 bits per heavy atom. The van der Waals surface area contributed by atoms with E-state index in [1.807, 2.05) is 6.92 Å². The molecule has 0 rings (SSSR count). The number of rotatable bonds is 8. The van der Waals surface area contributed by atoms with E-state index in [0.29, 0.717) is 6.61 Å². The van der Waals surface area contributed by atoms with Gasteiger partial charge in [-0.3, -0.25) is 0 Å². The van der Waals surface area contributed by atoms with Crippen LogP contribution in [0.15, 0.2) is 0 Å². The molecule has 0 aromatic carbocycles. The average molecular weight is 215 g/mol. The number of carbonyl (C=O) groups excluding carboxylic acids is 1. The zero-order valence-corrected chi connectivity index (χ0v) is 10.4. The predicted octanol–water partition coefficient (Wildman–Crippen LogP) is 3.44. The van der Waals surface area contributed by atoms with Gasteiger partial charge in [0, 0.05) is 13.6 Å². The van der Waals surface area contributed by atoms with Crippen LogP contribution in [0, 0.1) is 0 Å². The Balaban J connectivity index is 3.30. The predicted molar refractivity (Wildman–Crippen MR) is 63.0 cm³/mol. The largest absolute Gasteiger partial charge is 0.450 e. The minimum atomic E-state index is -0.203. The van der Waals surface area contributed by atoms with Crippen molar-refractivity contribution in [1.82, 2.24) is 4.90 Å². The number of hydrogen-bond donors (Lipinski definition) is 0. The van der Waals surface area contributed by atoms with Crippen molar-refractivity contribution in [1.29, 1.82) is 0 Å². The van der Waals surface area contributed by atoms with Gasteiger partial charge in [-0.15, -0.1) is 0 Å². The lowest BCUT2D eigenvalue weighted by molar-refractivity contribution is 0.115. The van der Waals surface area contributed by atoms with Gasteiger partial charge in [0.2, 0.25) is 0 Å². The summed E-state index contributed by atoms with van der Waals surface area (Å²) in [6, 6.07) is 0. The third-order valence-corrected chi connectivity index (χ3v) is 2.43. The number of amides is 1. The molecule has 0 N–H and O–H groups in total. The highest BCUT2D eigenvalue weighted by atomic mass is 16.5. The topological polar surface area (TPSA) is 29.5 Å². The molecule has 0 aromatic heterocycles. The molecule has 0 aromatic rings. The molecule has 0 heterocycles. The Morgan fingerprint density at radius 1 is 1.07 bits per heavy atom. The lowest BCUT2D eigenvalue weighted by Gasteiger charge is -2.15. The molecular formula is C12H25NO2. The first-order chi connectivity index (χ1) is 7.22. The minimum absolute atomic E-state index is 0.203. The second-order valence-electron chi connectivity index (χ2n) is 3.89. The first-order valence-corrected chi connectivity index (χ1v) is 6.10. The lowest BCUT2D eigenvalue weighted by Crippen LogP contribution is -2.28. The van der Waals surface area contributed by atoms with Crippen LogP contribution in [0.5, 0.6) is 0 Å². The highest BCUT2D eigenvalue weighted by Gasteiger charge is 2.07. The van der Waals surface area contributed by atoms with Crippen LogP contribution in [-0.4, -0.2) is 31.2 Å².